The number of hydrogen-bond donors (Lipinski definition) is 1. The zero-order valence-corrected chi connectivity index (χ0v) is 16.2. The molecule has 0 radical (unpaired) electrons. The van der Waals surface area contributed by atoms with Gasteiger partial charge in [0.25, 0.3) is 0 Å². The molecule has 5 unspecified atom stereocenters. The Morgan fingerprint density at radius 2 is 1.77 bits per heavy atom. The van der Waals surface area contributed by atoms with Crippen molar-refractivity contribution in [1.29, 1.82) is 0 Å². The average molecular weight is 360 g/mol. The van der Waals surface area contributed by atoms with Gasteiger partial charge in [-0.3, -0.25) is 19.3 Å². The van der Waals surface area contributed by atoms with Crippen molar-refractivity contribution in [2.75, 3.05) is 0 Å². The summed E-state index contributed by atoms with van der Waals surface area (Å²) in [6.07, 6.45) is 10.0. The molecule has 1 N–H and O–H groups in total. The minimum Gasteiger partial charge on any atom is -0.352 e. The molecule has 26 heavy (non-hydrogen) atoms. The largest absolute Gasteiger partial charge is 0.352 e. The van der Waals surface area contributed by atoms with Gasteiger partial charge in [-0.1, -0.05) is 45.8 Å². The third-order valence-electron chi connectivity index (χ3n) is 6.13. The van der Waals surface area contributed by atoms with Gasteiger partial charge < -0.3 is 5.32 Å². The molecule has 0 spiro atoms. The number of carbonyl (C=O) groups is 3. The van der Waals surface area contributed by atoms with E-state index < -0.39 is 6.04 Å². The minimum absolute atomic E-state index is 0.147. The quantitative estimate of drug-likeness (QED) is 0.605. The number of carbonyl (C=O) groups excluding carboxylic acids is 3. The number of likely N-dealkylation sites (tertiary alicyclic amines) is 1. The first-order valence-electron chi connectivity index (χ1n) is 10.2. The van der Waals surface area contributed by atoms with Crippen LogP contribution in [0.2, 0.25) is 0 Å². The highest BCUT2D eigenvalue weighted by Crippen LogP contribution is 2.37. The number of nitrogens with one attached hydrogen (secondary N) is 1. The molecule has 0 aromatic rings. The fraction of sp³-hybridized carbons (Fsp3) is 0.762. The summed E-state index contributed by atoms with van der Waals surface area (Å²) in [7, 11) is 0. The molecule has 5 nitrogen and oxygen atoms in total. The van der Waals surface area contributed by atoms with Gasteiger partial charge in [0.2, 0.25) is 17.7 Å². The van der Waals surface area contributed by atoms with Crippen molar-refractivity contribution in [1.82, 2.24) is 10.2 Å². The van der Waals surface area contributed by atoms with Gasteiger partial charge in [0, 0.05) is 6.04 Å². The predicted octanol–water partition coefficient (Wildman–Crippen LogP) is 3.05. The number of allylic oxidation sites excluding steroid dienone is 2. The summed E-state index contributed by atoms with van der Waals surface area (Å²) in [6.45, 7) is 6.28. The molecule has 144 valence electrons. The van der Waals surface area contributed by atoms with Crippen LogP contribution >= 0.6 is 0 Å². The molecule has 1 saturated heterocycles. The van der Waals surface area contributed by atoms with Crippen LogP contribution in [0.5, 0.6) is 0 Å². The van der Waals surface area contributed by atoms with E-state index >= 15 is 0 Å². The Bertz CT molecular complexity index is 572. The smallest absolute Gasteiger partial charge is 0.243 e. The van der Waals surface area contributed by atoms with E-state index in [-0.39, 0.29) is 41.5 Å². The van der Waals surface area contributed by atoms with E-state index in [1.165, 1.54) is 11.3 Å². The van der Waals surface area contributed by atoms with Crippen LogP contribution in [0.25, 0.3) is 0 Å². The molecule has 5 heteroatoms. The van der Waals surface area contributed by atoms with Gasteiger partial charge in [0.15, 0.2) is 0 Å². The van der Waals surface area contributed by atoms with Crippen LogP contribution in [-0.4, -0.2) is 34.7 Å². The Morgan fingerprint density at radius 1 is 1.15 bits per heavy atom. The molecule has 2 fully saturated rings. The Kier molecular flexibility index (Phi) is 5.83. The summed E-state index contributed by atoms with van der Waals surface area (Å²) in [4.78, 5) is 40.2. The van der Waals surface area contributed by atoms with Gasteiger partial charge in [-0.05, 0) is 43.9 Å². The summed E-state index contributed by atoms with van der Waals surface area (Å²) in [5.74, 6) is -0.149. The van der Waals surface area contributed by atoms with Crippen molar-refractivity contribution in [3.05, 3.63) is 12.2 Å². The van der Waals surface area contributed by atoms with Crippen molar-refractivity contribution in [2.24, 2.45) is 23.7 Å². The molecule has 2 aliphatic carbocycles. The first-order chi connectivity index (χ1) is 12.4. The molecule has 3 amide bonds. The van der Waals surface area contributed by atoms with Crippen LogP contribution in [-0.2, 0) is 14.4 Å². The van der Waals surface area contributed by atoms with Crippen molar-refractivity contribution >= 4 is 17.7 Å². The maximum absolute atomic E-state index is 13.1. The first kappa shape index (κ1) is 19.1. The summed E-state index contributed by atoms with van der Waals surface area (Å²) >= 11 is 0. The van der Waals surface area contributed by atoms with Crippen LogP contribution in [0, 0.1) is 23.7 Å². The van der Waals surface area contributed by atoms with Crippen molar-refractivity contribution in [2.45, 2.75) is 77.8 Å². The van der Waals surface area contributed by atoms with Gasteiger partial charge in [-0.15, -0.1) is 0 Å². The summed E-state index contributed by atoms with van der Waals surface area (Å²) in [5, 5.41) is 3.15. The molecule has 1 saturated carbocycles. The van der Waals surface area contributed by atoms with Gasteiger partial charge in [-0.2, -0.15) is 0 Å². The number of hydrogen-bond acceptors (Lipinski definition) is 3. The standard InChI is InChI=1S/C21H32N2O3/c1-13(2)11-18(19(24)22-15-8-6-7-14(3)12-15)23-20(25)16-9-4-5-10-17(16)21(23)26/h4-5,13-18H,6-12H2,1-3H3,(H,22,24). The van der Waals surface area contributed by atoms with Gasteiger partial charge in [0.05, 0.1) is 11.8 Å². The van der Waals surface area contributed by atoms with Crippen molar-refractivity contribution in [3.63, 3.8) is 0 Å². The Labute approximate surface area is 156 Å². The molecular formula is C21H32N2O3. The van der Waals surface area contributed by atoms with E-state index in [0.717, 1.165) is 19.3 Å². The van der Waals surface area contributed by atoms with Crippen LogP contribution in [0.4, 0.5) is 0 Å². The summed E-state index contributed by atoms with van der Waals surface area (Å²) in [5.41, 5.74) is 0. The number of imide groups is 1. The number of nitrogens with zero attached hydrogens (tertiary/aromatic N) is 1. The molecule has 0 bridgehead atoms. The van der Waals surface area contributed by atoms with E-state index in [4.69, 9.17) is 0 Å². The molecule has 5 atom stereocenters. The molecule has 0 aromatic carbocycles. The zero-order chi connectivity index (χ0) is 18.8. The molecular weight excluding hydrogens is 328 g/mol. The maximum atomic E-state index is 13.1. The third-order valence-corrected chi connectivity index (χ3v) is 6.13. The van der Waals surface area contributed by atoms with E-state index in [1.807, 2.05) is 26.0 Å². The van der Waals surface area contributed by atoms with Crippen molar-refractivity contribution < 1.29 is 14.4 Å². The lowest BCUT2D eigenvalue weighted by atomic mass is 9.85. The monoisotopic (exact) mass is 360 g/mol. The second-order valence-corrected chi connectivity index (χ2v) is 8.82. The number of fused-ring (bicyclic) bond motifs is 1. The Balaban J connectivity index is 1.76. The fourth-order valence-electron chi connectivity index (χ4n) is 4.77. The zero-order valence-electron chi connectivity index (χ0n) is 16.2. The SMILES string of the molecule is CC(C)CC(C(=O)NC1CCCC(C)C1)N1C(=O)C2CC=CCC2C1=O. The second kappa shape index (κ2) is 7.93. The Hall–Kier alpha value is -1.65. The number of rotatable bonds is 5. The lowest BCUT2D eigenvalue weighted by molar-refractivity contribution is -0.148. The number of amides is 3. The highest BCUT2D eigenvalue weighted by Gasteiger charge is 2.51. The molecule has 1 heterocycles. The van der Waals surface area contributed by atoms with E-state index in [9.17, 15) is 14.4 Å². The molecule has 0 aromatic heterocycles. The summed E-state index contributed by atoms with van der Waals surface area (Å²) < 4.78 is 0. The maximum Gasteiger partial charge on any atom is 0.243 e. The van der Waals surface area contributed by atoms with Crippen LogP contribution in [0.1, 0.15) is 65.7 Å². The predicted molar refractivity (Wildman–Crippen MR) is 100 cm³/mol. The average Bonchev–Trinajstić information content (AvgIpc) is 2.84. The molecule has 3 aliphatic rings. The second-order valence-electron chi connectivity index (χ2n) is 8.82. The minimum atomic E-state index is -0.669. The topological polar surface area (TPSA) is 66.5 Å². The highest BCUT2D eigenvalue weighted by molar-refractivity contribution is 6.08. The molecule has 1 aliphatic heterocycles. The van der Waals surface area contributed by atoms with Gasteiger partial charge in [0.1, 0.15) is 6.04 Å². The van der Waals surface area contributed by atoms with Crippen LogP contribution in [0.3, 0.4) is 0 Å². The normalized spacial score (nSPS) is 32.7. The fourth-order valence-corrected chi connectivity index (χ4v) is 4.77. The van der Waals surface area contributed by atoms with E-state index in [0.29, 0.717) is 25.2 Å². The Morgan fingerprint density at radius 3 is 2.31 bits per heavy atom. The van der Waals surface area contributed by atoms with Gasteiger partial charge in [-0.25, -0.2) is 0 Å². The van der Waals surface area contributed by atoms with Crippen molar-refractivity contribution in [3.8, 4) is 0 Å². The van der Waals surface area contributed by atoms with E-state index in [1.54, 1.807) is 0 Å². The van der Waals surface area contributed by atoms with Crippen LogP contribution < -0.4 is 5.32 Å². The highest BCUT2D eigenvalue weighted by atomic mass is 16.2. The first-order valence-corrected chi connectivity index (χ1v) is 10.2. The van der Waals surface area contributed by atoms with Gasteiger partial charge >= 0.3 is 0 Å². The van der Waals surface area contributed by atoms with E-state index in [2.05, 4.69) is 12.2 Å². The lowest BCUT2D eigenvalue weighted by Gasteiger charge is -2.32. The lowest BCUT2D eigenvalue weighted by Crippen LogP contribution is -2.53. The summed E-state index contributed by atoms with van der Waals surface area (Å²) in [6, 6.07) is -0.504. The molecule has 3 rings (SSSR count). The third kappa shape index (κ3) is 3.86. The van der Waals surface area contributed by atoms with Crippen LogP contribution in [0.15, 0.2) is 12.2 Å².